The summed E-state index contributed by atoms with van der Waals surface area (Å²) in [6, 6.07) is 9.11. The van der Waals surface area contributed by atoms with Gasteiger partial charge in [-0.2, -0.15) is 0 Å². The van der Waals surface area contributed by atoms with Crippen LogP contribution in [0.5, 0.6) is 0 Å². The first-order valence-corrected chi connectivity index (χ1v) is 8.58. The Hall–Kier alpha value is -1.61. The molecule has 1 heterocycles. The lowest BCUT2D eigenvalue weighted by molar-refractivity contribution is -0.121. The molecule has 0 atom stereocenters. The normalized spacial score (nSPS) is 10.7. The lowest BCUT2D eigenvalue weighted by Crippen LogP contribution is -2.31. The van der Waals surface area contributed by atoms with Crippen LogP contribution in [-0.2, 0) is 9.59 Å². The first-order valence-electron chi connectivity index (χ1n) is 6.71. The lowest BCUT2D eigenvalue weighted by atomic mass is 10.2. The second-order valence-electron chi connectivity index (χ2n) is 4.70. The van der Waals surface area contributed by atoms with Gasteiger partial charge in [0.15, 0.2) is 3.77 Å². The van der Waals surface area contributed by atoms with Crippen molar-refractivity contribution < 1.29 is 14.0 Å². The van der Waals surface area contributed by atoms with E-state index in [0.717, 1.165) is 13.8 Å². The predicted octanol–water partition coefficient (Wildman–Crippen LogP) is 3.72. The number of carbonyl (C=O) groups excluding carboxylic acids is 2. The van der Waals surface area contributed by atoms with Crippen LogP contribution in [0.4, 0.5) is 5.69 Å². The molecule has 2 rings (SSSR count). The molecular weight excluding hydrogens is 475 g/mol. The molecule has 2 aromatic rings. The first-order chi connectivity index (χ1) is 10.9. The van der Waals surface area contributed by atoms with Crippen molar-refractivity contribution in [3.63, 3.8) is 0 Å². The molecule has 2 amide bonds. The Kier molecular flexibility index (Phi) is 6.40. The van der Waals surface area contributed by atoms with Gasteiger partial charge in [0.05, 0.1) is 6.54 Å². The molecule has 0 fully saturated rings. The standard InChI is InChI=1S/C16H14BrIN2O3/c1-10-8-11(17)2-5-13(10)20-16(22)9-19-15(21)7-4-12-3-6-14(18)23-12/h2-8H,9H2,1H3,(H,19,21)(H,20,22)/b7-4+. The maximum Gasteiger partial charge on any atom is 0.244 e. The Morgan fingerprint density at radius 3 is 2.74 bits per heavy atom. The molecule has 2 N–H and O–H groups in total. The molecule has 0 bridgehead atoms. The summed E-state index contributed by atoms with van der Waals surface area (Å²) in [5.74, 6) is -0.0664. The molecule has 1 aromatic heterocycles. The van der Waals surface area contributed by atoms with Crippen molar-refractivity contribution in [1.82, 2.24) is 5.32 Å². The minimum atomic E-state index is -0.362. The molecule has 23 heavy (non-hydrogen) atoms. The van der Waals surface area contributed by atoms with Crippen molar-refractivity contribution >= 4 is 62.1 Å². The zero-order valence-electron chi connectivity index (χ0n) is 12.2. The highest BCUT2D eigenvalue weighted by atomic mass is 127. The van der Waals surface area contributed by atoms with Gasteiger partial charge < -0.3 is 15.1 Å². The van der Waals surface area contributed by atoms with Gasteiger partial charge in [0.25, 0.3) is 0 Å². The average molecular weight is 489 g/mol. The summed E-state index contributed by atoms with van der Waals surface area (Å²) in [6.07, 6.45) is 2.88. The Morgan fingerprint density at radius 2 is 2.09 bits per heavy atom. The van der Waals surface area contributed by atoms with E-state index in [9.17, 15) is 9.59 Å². The molecule has 120 valence electrons. The monoisotopic (exact) mass is 488 g/mol. The van der Waals surface area contributed by atoms with E-state index in [0.29, 0.717) is 11.4 Å². The summed E-state index contributed by atoms with van der Waals surface area (Å²) >= 11 is 5.41. The third-order valence-corrected chi connectivity index (χ3v) is 3.95. The van der Waals surface area contributed by atoms with Crippen molar-refractivity contribution in [3.05, 3.63) is 56.0 Å². The summed E-state index contributed by atoms with van der Waals surface area (Å²) in [4.78, 5) is 23.5. The van der Waals surface area contributed by atoms with Crippen molar-refractivity contribution in [1.29, 1.82) is 0 Å². The number of anilines is 1. The van der Waals surface area contributed by atoms with Crippen LogP contribution in [0.3, 0.4) is 0 Å². The number of benzene rings is 1. The van der Waals surface area contributed by atoms with Gasteiger partial charge in [-0.15, -0.1) is 0 Å². The minimum Gasteiger partial charge on any atom is -0.451 e. The summed E-state index contributed by atoms with van der Waals surface area (Å²) in [7, 11) is 0. The van der Waals surface area contributed by atoms with Crippen LogP contribution in [0.2, 0.25) is 0 Å². The predicted molar refractivity (Wildman–Crippen MR) is 101 cm³/mol. The lowest BCUT2D eigenvalue weighted by Gasteiger charge is -2.08. The van der Waals surface area contributed by atoms with Crippen LogP contribution in [0.15, 0.2) is 45.3 Å². The fraction of sp³-hybridized carbons (Fsp3) is 0.125. The van der Waals surface area contributed by atoms with E-state index in [1.165, 1.54) is 6.08 Å². The number of amides is 2. The van der Waals surface area contributed by atoms with E-state index in [2.05, 4.69) is 26.6 Å². The summed E-state index contributed by atoms with van der Waals surface area (Å²) < 4.78 is 6.98. The van der Waals surface area contributed by atoms with E-state index < -0.39 is 0 Å². The van der Waals surface area contributed by atoms with Crippen molar-refractivity contribution in [2.75, 3.05) is 11.9 Å². The number of nitrogens with one attached hydrogen (secondary N) is 2. The zero-order valence-corrected chi connectivity index (χ0v) is 16.0. The summed E-state index contributed by atoms with van der Waals surface area (Å²) in [6.45, 7) is 1.79. The van der Waals surface area contributed by atoms with Crippen LogP contribution in [0.1, 0.15) is 11.3 Å². The van der Waals surface area contributed by atoms with Crippen LogP contribution in [0.25, 0.3) is 6.08 Å². The molecule has 5 nitrogen and oxygen atoms in total. The highest BCUT2D eigenvalue weighted by Gasteiger charge is 2.06. The van der Waals surface area contributed by atoms with Gasteiger partial charge >= 0.3 is 0 Å². The number of aryl methyl sites for hydroxylation is 1. The van der Waals surface area contributed by atoms with Crippen LogP contribution < -0.4 is 10.6 Å². The number of rotatable bonds is 5. The SMILES string of the molecule is Cc1cc(Br)ccc1NC(=O)CNC(=O)/C=C/c1ccc(I)o1. The fourth-order valence-corrected chi connectivity index (χ4v) is 2.67. The van der Waals surface area contributed by atoms with Gasteiger partial charge in [-0.3, -0.25) is 9.59 Å². The van der Waals surface area contributed by atoms with Gasteiger partial charge in [0.1, 0.15) is 5.76 Å². The topological polar surface area (TPSA) is 71.3 Å². The number of hydrogen-bond donors (Lipinski definition) is 2. The Balaban J connectivity index is 1.81. The van der Waals surface area contributed by atoms with Gasteiger partial charge in [0, 0.05) is 16.2 Å². The molecule has 0 aliphatic heterocycles. The second kappa shape index (κ2) is 8.30. The van der Waals surface area contributed by atoms with Crippen molar-refractivity contribution in [2.24, 2.45) is 0 Å². The molecule has 0 unspecified atom stereocenters. The van der Waals surface area contributed by atoms with E-state index >= 15 is 0 Å². The maximum absolute atomic E-state index is 11.9. The molecule has 1 aromatic carbocycles. The van der Waals surface area contributed by atoms with E-state index in [1.807, 2.05) is 41.6 Å². The highest BCUT2D eigenvalue weighted by Crippen LogP contribution is 2.19. The molecule has 7 heteroatoms. The minimum absolute atomic E-state index is 0.103. The zero-order chi connectivity index (χ0) is 16.8. The number of carbonyl (C=O) groups is 2. The second-order valence-corrected chi connectivity index (χ2v) is 6.68. The van der Waals surface area contributed by atoms with Crippen molar-refractivity contribution in [3.8, 4) is 0 Å². The molecule has 0 saturated heterocycles. The van der Waals surface area contributed by atoms with Gasteiger partial charge in [0.2, 0.25) is 11.8 Å². The largest absolute Gasteiger partial charge is 0.451 e. The van der Waals surface area contributed by atoms with Crippen LogP contribution in [-0.4, -0.2) is 18.4 Å². The maximum atomic E-state index is 11.9. The van der Waals surface area contributed by atoms with Gasteiger partial charge in [-0.05, 0) is 71.5 Å². The first kappa shape index (κ1) is 17.7. The molecule has 0 saturated carbocycles. The summed E-state index contributed by atoms with van der Waals surface area (Å²) in [5.41, 5.74) is 1.65. The van der Waals surface area contributed by atoms with Gasteiger partial charge in [-0.1, -0.05) is 15.9 Å². The van der Waals surface area contributed by atoms with E-state index in [1.54, 1.807) is 24.3 Å². The third kappa shape index (κ3) is 5.83. The molecule has 0 radical (unpaired) electrons. The highest BCUT2D eigenvalue weighted by molar-refractivity contribution is 14.1. The Labute approximate surface area is 155 Å². The van der Waals surface area contributed by atoms with Crippen LogP contribution in [0, 0.1) is 10.7 Å². The summed E-state index contributed by atoms with van der Waals surface area (Å²) in [5, 5.41) is 5.27. The number of halogens is 2. The van der Waals surface area contributed by atoms with Crippen LogP contribution >= 0.6 is 38.5 Å². The molecule has 0 spiro atoms. The quantitative estimate of drug-likeness (QED) is 0.497. The fourth-order valence-electron chi connectivity index (χ4n) is 1.76. The number of furan rings is 1. The smallest absolute Gasteiger partial charge is 0.244 e. The molecular formula is C16H14BrIN2O3. The molecule has 0 aliphatic carbocycles. The van der Waals surface area contributed by atoms with Crippen molar-refractivity contribution in [2.45, 2.75) is 6.92 Å². The van der Waals surface area contributed by atoms with E-state index in [-0.39, 0.29) is 18.4 Å². The third-order valence-electron chi connectivity index (χ3n) is 2.88. The molecule has 0 aliphatic rings. The Bertz CT molecular complexity index is 756. The number of hydrogen-bond acceptors (Lipinski definition) is 3. The Morgan fingerprint density at radius 1 is 1.30 bits per heavy atom. The van der Waals surface area contributed by atoms with E-state index in [4.69, 9.17) is 4.42 Å². The average Bonchev–Trinajstić information content (AvgIpc) is 2.91. The van der Waals surface area contributed by atoms with Gasteiger partial charge in [-0.25, -0.2) is 0 Å².